The van der Waals surface area contributed by atoms with Crippen molar-refractivity contribution in [3.63, 3.8) is 0 Å². The molecule has 0 radical (unpaired) electrons. The lowest BCUT2D eigenvalue weighted by atomic mass is 9.98. The molecule has 2 heterocycles. The Morgan fingerprint density at radius 1 is 0.741 bits per heavy atom. The first kappa shape index (κ1) is 36.1. The van der Waals surface area contributed by atoms with Crippen LogP contribution >= 0.6 is 11.3 Å². The van der Waals surface area contributed by atoms with Gasteiger partial charge in [0.15, 0.2) is 0 Å². The van der Waals surface area contributed by atoms with Gasteiger partial charge in [-0.15, -0.1) is 11.3 Å². The standard InChI is InChI=1S/C46H40N4O3S/c1-2-3-4-5-6-9-14-35-30-42(41-28-27-40(43-44(41)49-53-48-43)33-21-19-32(20-22-33)29-36(31-47)46(51)52)54-45(35)34-23-25-39(26-24-34)50(37-15-10-7-11-16-37)38-17-12-8-13-18-38/h7-8,10-13,15-30H,2-6,9,14H2,1H3,(H,51,52)/b36-29+. The molecule has 7 nitrogen and oxygen atoms in total. The summed E-state index contributed by atoms with van der Waals surface area (Å²) >= 11 is 1.77. The van der Waals surface area contributed by atoms with Crippen molar-refractivity contribution in [2.45, 2.75) is 51.9 Å². The SMILES string of the molecule is CCCCCCCCc1cc(-c2ccc(-c3ccc(/C=C(\C#N)C(=O)O)cc3)c3nonc23)sc1-c1ccc(N(c2ccccc2)c2ccccc2)cc1. The molecular weight excluding hydrogens is 689 g/mol. The van der Waals surface area contributed by atoms with Crippen molar-refractivity contribution in [2.24, 2.45) is 0 Å². The van der Waals surface area contributed by atoms with E-state index in [2.05, 4.69) is 107 Å². The molecule has 0 aliphatic rings. The first-order chi connectivity index (χ1) is 26.5. The number of fused-ring (bicyclic) bond motifs is 1. The molecule has 0 unspecified atom stereocenters. The number of carboxylic acids is 1. The molecule has 2 aromatic heterocycles. The summed E-state index contributed by atoms with van der Waals surface area (Å²) in [7, 11) is 0. The molecular formula is C46H40N4O3S. The Hall–Kier alpha value is -6.30. The average Bonchev–Trinajstić information content (AvgIpc) is 3.88. The minimum atomic E-state index is -1.26. The van der Waals surface area contributed by atoms with E-state index in [1.54, 1.807) is 29.5 Å². The molecule has 0 bridgehead atoms. The van der Waals surface area contributed by atoms with Crippen LogP contribution in [0.3, 0.4) is 0 Å². The van der Waals surface area contributed by atoms with Crippen LogP contribution in [0.2, 0.25) is 0 Å². The van der Waals surface area contributed by atoms with Gasteiger partial charge in [-0.05, 0) is 93.9 Å². The number of thiophene rings is 1. The summed E-state index contributed by atoms with van der Waals surface area (Å²) in [6, 6.07) is 45.3. The summed E-state index contributed by atoms with van der Waals surface area (Å²) in [6.45, 7) is 2.25. The minimum absolute atomic E-state index is 0.321. The summed E-state index contributed by atoms with van der Waals surface area (Å²) in [5, 5.41) is 27.1. The highest BCUT2D eigenvalue weighted by Gasteiger charge is 2.20. The molecule has 54 heavy (non-hydrogen) atoms. The van der Waals surface area contributed by atoms with E-state index in [-0.39, 0.29) is 5.57 Å². The number of benzene rings is 5. The number of nitrogens with zero attached hydrogens (tertiary/aromatic N) is 4. The fraction of sp³-hybridized carbons (Fsp3) is 0.174. The van der Waals surface area contributed by atoms with Crippen LogP contribution < -0.4 is 4.90 Å². The van der Waals surface area contributed by atoms with Gasteiger partial charge in [0.1, 0.15) is 22.7 Å². The highest BCUT2D eigenvalue weighted by molar-refractivity contribution is 7.19. The van der Waals surface area contributed by atoms with Crippen LogP contribution in [0.15, 0.2) is 138 Å². The average molecular weight is 729 g/mol. The predicted octanol–water partition coefficient (Wildman–Crippen LogP) is 12.6. The molecule has 8 heteroatoms. The number of hydrogen-bond acceptors (Lipinski definition) is 7. The molecule has 5 aromatic carbocycles. The second-order valence-electron chi connectivity index (χ2n) is 13.3. The number of aromatic nitrogens is 2. The molecule has 0 fully saturated rings. The third-order valence-electron chi connectivity index (χ3n) is 9.59. The normalized spacial score (nSPS) is 11.4. The van der Waals surface area contributed by atoms with Crippen molar-refractivity contribution in [1.29, 1.82) is 5.26 Å². The molecule has 0 aliphatic carbocycles. The Labute approximate surface area is 319 Å². The highest BCUT2D eigenvalue weighted by Crippen LogP contribution is 2.43. The number of carbonyl (C=O) groups is 1. The Kier molecular flexibility index (Phi) is 11.4. The number of unbranched alkanes of at least 4 members (excludes halogenated alkanes) is 5. The zero-order valence-corrected chi connectivity index (χ0v) is 30.9. The number of aliphatic carboxylic acids is 1. The third kappa shape index (κ3) is 8.02. The molecule has 0 saturated heterocycles. The van der Waals surface area contributed by atoms with Crippen LogP contribution in [-0.4, -0.2) is 21.4 Å². The second kappa shape index (κ2) is 17.0. The fourth-order valence-corrected chi connectivity index (χ4v) is 8.06. The van der Waals surface area contributed by atoms with Gasteiger partial charge in [-0.2, -0.15) is 5.26 Å². The van der Waals surface area contributed by atoms with Crippen LogP contribution in [-0.2, 0) is 11.2 Å². The second-order valence-corrected chi connectivity index (χ2v) is 14.3. The van der Waals surface area contributed by atoms with Gasteiger partial charge < -0.3 is 10.0 Å². The van der Waals surface area contributed by atoms with Gasteiger partial charge >= 0.3 is 5.97 Å². The molecule has 7 aromatic rings. The summed E-state index contributed by atoms with van der Waals surface area (Å²) in [6.07, 6.45) is 9.76. The number of carboxylic acid groups (broad SMARTS) is 1. The predicted molar refractivity (Wildman–Crippen MR) is 219 cm³/mol. The van der Waals surface area contributed by atoms with E-state index >= 15 is 0 Å². The molecule has 7 rings (SSSR count). The van der Waals surface area contributed by atoms with E-state index in [9.17, 15) is 9.90 Å². The Morgan fingerprint density at radius 2 is 1.31 bits per heavy atom. The van der Waals surface area contributed by atoms with Gasteiger partial charge in [0.25, 0.3) is 0 Å². The van der Waals surface area contributed by atoms with Crippen molar-refractivity contribution in [3.8, 4) is 38.1 Å². The number of para-hydroxylation sites is 2. The number of nitriles is 1. The van der Waals surface area contributed by atoms with Crippen molar-refractivity contribution in [1.82, 2.24) is 10.3 Å². The van der Waals surface area contributed by atoms with Crippen molar-refractivity contribution in [2.75, 3.05) is 4.90 Å². The van der Waals surface area contributed by atoms with Crippen LogP contribution in [0, 0.1) is 11.3 Å². The van der Waals surface area contributed by atoms with E-state index in [0.717, 1.165) is 51.5 Å². The summed E-state index contributed by atoms with van der Waals surface area (Å²) in [5.41, 5.74) is 10.1. The quantitative estimate of drug-likeness (QED) is 0.0636. The van der Waals surface area contributed by atoms with Crippen molar-refractivity contribution in [3.05, 3.63) is 144 Å². The lowest BCUT2D eigenvalue weighted by molar-refractivity contribution is -0.132. The Bertz CT molecular complexity index is 2370. The van der Waals surface area contributed by atoms with Gasteiger partial charge in [-0.1, -0.05) is 124 Å². The molecule has 0 spiro atoms. The summed E-state index contributed by atoms with van der Waals surface area (Å²) in [4.78, 5) is 16.0. The first-order valence-electron chi connectivity index (χ1n) is 18.4. The lowest BCUT2D eigenvalue weighted by Crippen LogP contribution is -2.09. The molecule has 0 saturated carbocycles. The van der Waals surface area contributed by atoms with Gasteiger partial charge in [-0.3, -0.25) is 0 Å². The lowest BCUT2D eigenvalue weighted by Gasteiger charge is -2.25. The molecule has 268 valence electrons. The van der Waals surface area contributed by atoms with Crippen LogP contribution in [0.25, 0.3) is 49.1 Å². The third-order valence-corrected chi connectivity index (χ3v) is 10.8. The van der Waals surface area contributed by atoms with E-state index in [1.807, 2.05) is 30.3 Å². The van der Waals surface area contributed by atoms with Crippen LogP contribution in [0.4, 0.5) is 17.1 Å². The molecule has 0 atom stereocenters. The molecule has 0 aliphatic heterocycles. The van der Waals surface area contributed by atoms with Gasteiger partial charge in [0.2, 0.25) is 0 Å². The summed E-state index contributed by atoms with van der Waals surface area (Å²) < 4.78 is 5.34. The first-order valence-corrected chi connectivity index (χ1v) is 19.2. The Morgan fingerprint density at radius 3 is 1.94 bits per heavy atom. The topological polar surface area (TPSA) is 103 Å². The highest BCUT2D eigenvalue weighted by atomic mass is 32.1. The smallest absolute Gasteiger partial charge is 0.346 e. The van der Waals surface area contributed by atoms with Gasteiger partial charge in [0.05, 0.1) is 0 Å². The zero-order chi connectivity index (χ0) is 37.3. The Balaban J connectivity index is 1.22. The zero-order valence-electron chi connectivity index (χ0n) is 30.1. The van der Waals surface area contributed by atoms with Crippen molar-refractivity contribution >= 4 is 51.5 Å². The van der Waals surface area contributed by atoms with E-state index in [0.29, 0.717) is 16.6 Å². The summed E-state index contributed by atoms with van der Waals surface area (Å²) in [5.74, 6) is -1.26. The maximum Gasteiger partial charge on any atom is 0.346 e. The van der Waals surface area contributed by atoms with E-state index in [4.69, 9.17) is 9.89 Å². The van der Waals surface area contributed by atoms with E-state index < -0.39 is 5.97 Å². The maximum absolute atomic E-state index is 11.3. The van der Waals surface area contributed by atoms with E-state index in [1.165, 1.54) is 54.2 Å². The largest absolute Gasteiger partial charge is 0.477 e. The van der Waals surface area contributed by atoms with Crippen molar-refractivity contribution < 1.29 is 14.5 Å². The molecule has 1 N–H and O–H groups in total. The van der Waals surface area contributed by atoms with Gasteiger partial charge in [-0.25, -0.2) is 9.42 Å². The van der Waals surface area contributed by atoms with Gasteiger partial charge in [0, 0.05) is 37.9 Å². The maximum atomic E-state index is 11.3. The number of rotatable bonds is 15. The molecule has 0 amide bonds. The number of hydrogen-bond donors (Lipinski definition) is 1. The minimum Gasteiger partial charge on any atom is -0.477 e. The van der Waals surface area contributed by atoms with Crippen LogP contribution in [0.1, 0.15) is 56.6 Å². The number of aryl methyl sites for hydroxylation is 1. The monoisotopic (exact) mass is 728 g/mol. The van der Waals surface area contributed by atoms with Crippen LogP contribution in [0.5, 0.6) is 0 Å². The fourth-order valence-electron chi connectivity index (χ4n) is 6.82. The number of anilines is 3.